The molecule has 122 valence electrons. The summed E-state index contributed by atoms with van der Waals surface area (Å²) in [6.45, 7) is 0. The molecule has 0 saturated heterocycles. The molecule has 0 saturated carbocycles. The lowest BCUT2D eigenvalue weighted by molar-refractivity contribution is -0.138. The van der Waals surface area contributed by atoms with Crippen LogP contribution in [0.2, 0.25) is 0 Å². The highest BCUT2D eigenvalue weighted by Crippen LogP contribution is 2.36. The molecule has 0 aromatic heterocycles. The minimum atomic E-state index is -4.95. The molecule has 0 heterocycles. The number of hydrogen-bond acceptors (Lipinski definition) is 2. The number of halogens is 6. The van der Waals surface area contributed by atoms with E-state index in [1.54, 1.807) is 0 Å². The summed E-state index contributed by atoms with van der Waals surface area (Å²) in [5, 5.41) is 2.16. The van der Waals surface area contributed by atoms with E-state index in [1.165, 1.54) is 0 Å². The van der Waals surface area contributed by atoms with Gasteiger partial charge in [-0.3, -0.25) is 4.79 Å². The van der Waals surface area contributed by atoms with Crippen LogP contribution >= 0.6 is 0 Å². The van der Waals surface area contributed by atoms with Crippen LogP contribution in [0, 0.1) is 17.5 Å². The van der Waals surface area contributed by atoms with Gasteiger partial charge in [0, 0.05) is 11.8 Å². The van der Waals surface area contributed by atoms with E-state index < -0.39 is 40.7 Å². The number of ether oxygens (including phenoxy) is 1. The minimum absolute atomic E-state index is 0.0316. The summed E-state index contributed by atoms with van der Waals surface area (Å²) in [7, 11) is 0. The van der Waals surface area contributed by atoms with Crippen molar-refractivity contribution in [1.29, 1.82) is 0 Å². The second-order valence-corrected chi connectivity index (χ2v) is 4.28. The SMILES string of the molecule is O=CNc1ccc(F)c(Oc2c(F)cc(C(F)(F)F)cc2F)c1. The van der Waals surface area contributed by atoms with Gasteiger partial charge in [-0.05, 0) is 24.3 Å². The van der Waals surface area contributed by atoms with Gasteiger partial charge in [-0.2, -0.15) is 13.2 Å². The number of anilines is 1. The highest BCUT2D eigenvalue weighted by molar-refractivity contribution is 5.71. The number of amides is 1. The molecule has 0 bridgehead atoms. The molecule has 0 radical (unpaired) electrons. The van der Waals surface area contributed by atoms with Crippen molar-refractivity contribution in [2.75, 3.05) is 5.32 Å². The third kappa shape index (κ3) is 3.74. The standard InChI is InChI=1S/C14H7F6NO2/c15-9-2-1-8(21-6-22)5-12(9)23-13-10(16)3-7(4-11(13)17)14(18,19)20/h1-6H,(H,21,22). The van der Waals surface area contributed by atoms with Crippen molar-refractivity contribution in [2.45, 2.75) is 6.18 Å². The van der Waals surface area contributed by atoms with Crippen LogP contribution in [0.3, 0.4) is 0 Å². The summed E-state index contributed by atoms with van der Waals surface area (Å²) in [6, 6.07) is 2.98. The van der Waals surface area contributed by atoms with Crippen molar-refractivity contribution in [2.24, 2.45) is 0 Å². The molecule has 9 heteroatoms. The lowest BCUT2D eigenvalue weighted by Crippen LogP contribution is -2.07. The number of benzene rings is 2. The highest BCUT2D eigenvalue weighted by atomic mass is 19.4. The van der Waals surface area contributed by atoms with Crippen LogP contribution in [0.1, 0.15) is 5.56 Å². The van der Waals surface area contributed by atoms with Crippen LogP contribution in [0.15, 0.2) is 30.3 Å². The second kappa shape index (κ2) is 6.19. The molecule has 0 fully saturated rings. The molecule has 2 aromatic rings. The Hall–Kier alpha value is -2.71. The molecule has 0 aliphatic heterocycles. The Balaban J connectivity index is 2.41. The summed E-state index contributed by atoms with van der Waals surface area (Å²) < 4.78 is 82.8. The predicted octanol–water partition coefficient (Wildman–Crippen LogP) is 4.48. The van der Waals surface area contributed by atoms with Crippen molar-refractivity contribution in [3.63, 3.8) is 0 Å². The van der Waals surface area contributed by atoms with E-state index in [2.05, 4.69) is 10.1 Å². The average Bonchev–Trinajstić information content (AvgIpc) is 2.45. The maximum absolute atomic E-state index is 13.6. The Bertz CT molecular complexity index is 722. The molecule has 0 unspecified atom stereocenters. The van der Waals surface area contributed by atoms with E-state index in [0.29, 0.717) is 0 Å². The highest BCUT2D eigenvalue weighted by Gasteiger charge is 2.33. The lowest BCUT2D eigenvalue weighted by atomic mass is 10.2. The number of carbonyl (C=O) groups excluding carboxylic acids is 1. The molecule has 23 heavy (non-hydrogen) atoms. The van der Waals surface area contributed by atoms with Crippen LogP contribution in [0.25, 0.3) is 0 Å². The van der Waals surface area contributed by atoms with Crippen LogP contribution in [0.4, 0.5) is 32.0 Å². The van der Waals surface area contributed by atoms with Gasteiger partial charge in [-0.1, -0.05) is 0 Å². The fourth-order valence-electron chi connectivity index (χ4n) is 1.67. The number of rotatable bonds is 4. The van der Waals surface area contributed by atoms with Crippen LogP contribution in [0.5, 0.6) is 11.5 Å². The van der Waals surface area contributed by atoms with Crippen molar-refractivity contribution in [3.05, 3.63) is 53.3 Å². The van der Waals surface area contributed by atoms with E-state index in [0.717, 1.165) is 18.2 Å². The smallest absolute Gasteiger partial charge is 0.416 e. The van der Waals surface area contributed by atoms with Gasteiger partial charge in [0.25, 0.3) is 0 Å². The Kier molecular flexibility index (Phi) is 4.48. The molecule has 0 atom stereocenters. The van der Waals surface area contributed by atoms with Gasteiger partial charge in [-0.15, -0.1) is 0 Å². The molecular formula is C14H7F6NO2. The fraction of sp³-hybridized carbons (Fsp3) is 0.0714. The van der Waals surface area contributed by atoms with Crippen LogP contribution in [-0.2, 0) is 11.0 Å². The van der Waals surface area contributed by atoms with Gasteiger partial charge in [0.15, 0.2) is 29.0 Å². The van der Waals surface area contributed by atoms with Gasteiger partial charge < -0.3 is 10.1 Å². The molecule has 1 N–H and O–H groups in total. The fourth-order valence-corrected chi connectivity index (χ4v) is 1.67. The lowest BCUT2D eigenvalue weighted by Gasteiger charge is -2.12. The number of alkyl halides is 3. The maximum Gasteiger partial charge on any atom is 0.416 e. The zero-order chi connectivity index (χ0) is 17.2. The summed E-state index contributed by atoms with van der Waals surface area (Å²) >= 11 is 0. The number of carbonyl (C=O) groups is 1. The Labute approximate surface area is 125 Å². The maximum atomic E-state index is 13.6. The largest absolute Gasteiger partial charge is 0.448 e. The minimum Gasteiger partial charge on any atom is -0.448 e. The van der Waals surface area contributed by atoms with E-state index in [4.69, 9.17) is 0 Å². The zero-order valence-corrected chi connectivity index (χ0v) is 11.0. The summed E-state index contributed by atoms with van der Waals surface area (Å²) in [5.74, 6) is -6.19. The average molecular weight is 335 g/mol. The molecule has 3 nitrogen and oxygen atoms in total. The molecule has 2 rings (SSSR count). The first-order valence-corrected chi connectivity index (χ1v) is 5.96. The van der Waals surface area contributed by atoms with Gasteiger partial charge >= 0.3 is 6.18 Å². The number of nitrogens with one attached hydrogen (secondary N) is 1. The quantitative estimate of drug-likeness (QED) is 0.661. The van der Waals surface area contributed by atoms with E-state index in [-0.39, 0.29) is 24.2 Å². The molecule has 1 amide bonds. The molecule has 2 aromatic carbocycles. The van der Waals surface area contributed by atoms with Crippen molar-refractivity contribution in [3.8, 4) is 11.5 Å². The van der Waals surface area contributed by atoms with Gasteiger partial charge in [0.2, 0.25) is 6.41 Å². The summed E-state index contributed by atoms with van der Waals surface area (Å²) in [5.41, 5.74) is -1.49. The topological polar surface area (TPSA) is 38.3 Å². The van der Waals surface area contributed by atoms with Crippen LogP contribution in [-0.4, -0.2) is 6.41 Å². The molecular weight excluding hydrogens is 328 g/mol. The van der Waals surface area contributed by atoms with E-state index >= 15 is 0 Å². The van der Waals surface area contributed by atoms with E-state index in [9.17, 15) is 31.1 Å². The number of hydrogen-bond donors (Lipinski definition) is 1. The third-order valence-corrected chi connectivity index (χ3v) is 2.69. The summed E-state index contributed by atoms with van der Waals surface area (Å²) in [4.78, 5) is 10.3. The normalized spacial score (nSPS) is 11.2. The molecule has 0 spiro atoms. The van der Waals surface area contributed by atoms with Crippen molar-refractivity contribution in [1.82, 2.24) is 0 Å². The Morgan fingerprint density at radius 2 is 1.57 bits per heavy atom. The Morgan fingerprint density at radius 1 is 0.957 bits per heavy atom. The monoisotopic (exact) mass is 335 g/mol. The summed E-state index contributed by atoms with van der Waals surface area (Å²) in [6.07, 6.45) is -4.67. The molecule has 0 aliphatic carbocycles. The Morgan fingerprint density at radius 3 is 2.09 bits per heavy atom. The van der Waals surface area contributed by atoms with Gasteiger partial charge in [-0.25, -0.2) is 13.2 Å². The van der Waals surface area contributed by atoms with Crippen molar-refractivity contribution >= 4 is 12.1 Å². The van der Waals surface area contributed by atoms with Crippen LogP contribution < -0.4 is 10.1 Å². The first kappa shape index (κ1) is 16.7. The van der Waals surface area contributed by atoms with Gasteiger partial charge in [0.05, 0.1) is 5.56 Å². The first-order valence-electron chi connectivity index (χ1n) is 5.96. The van der Waals surface area contributed by atoms with E-state index in [1.807, 2.05) is 0 Å². The first-order chi connectivity index (χ1) is 10.7. The zero-order valence-electron chi connectivity index (χ0n) is 11.0. The second-order valence-electron chi connectivity index (χ2n) is 4.28. The predicted molar refractivity (Wildman–Crippen MR) is 67.5 cm³/mol. The molecule has 0 aliphatic rings. The van der Waals surface area contributed by atoms with Gasteiger partial charge in [0.1, 0.15) is 0 Å². The van der Waals surface area contributed by atoms with Crippen molar-refractivity contribution < 1.29 is 35.9 Å². The third-order valence-electron chi connectivity index (χ3n) is 2.69.